The molecular weight excluding hydrogens is 326 g/mol. The molecule has 138 valence electrons. The van der Waals surface area contributed by atoms with E-state index in [9.17, 15) is 4.79 Å². The number of hydrogen-bond donors (Lipinski definition) is 2. The Kier molecular flexibility index (Phi) is 5.78. The zero-order valence-corrected chi connectivity index (χ0v) is 15.5. The first-order chi connectivity index (χ1) is 12.5. The van der Waals surface area contributed by atoms with Crippen LogP contribution in [0.3, 0.4) is 0 Å². The first kappa shape index (κ1) is 18.3. The number of ether oxygens (including phenoxy) is 1. The highest BCUT2D eigenvalue weighted by molar-refractivity contribution is 5.89. The van der Waals surface area contributed by atoms with E-state index in [1.165, 1.54) is 0 Å². The van der Waals surface area contributed by atoms with Gasteiger partial charge < -0.3 is 20.3 Å². The molecule has 3 rings (SSSR count). The zero-order valence-electron chi connectivity index (χ0n) is 15.5. The molecule has 2 N–H and O–H groups in total. The molecule has 0 aromatic heterocycles. The number of likely N-dealkylation sites (tertiary alicyclic amines) is 1. The second kappa shape index (κ2) is 8.23. The number of urea groups is 1. The maximum Gasteiger partial charge on any atom is 0.319 e. The molecule has 1 aliphatic heterocycles. The van der Waals surface area contributed by atoms with Crippen LogP contribution in [0.25, 0.3) is 0 Å². The first-order valence-electron chi connectivity index (χ1n) is 9.03. The van der Waals surface area contributed by atoms with Gasteiger partial charge in [0.2, 0.25) is 0 Å². The van der Waals surface area contributed by atoms with Crippen molar-refractivity contribution in [3.05, 3.63) is 60.2 Å². The summed E-state index contributed by atoms with van der Waals surface area (Å²) in [6.07, 6.45) is 1.10. The highest BCUT2D eigenvalue weighted by Crippen LogP contribution is 2.27. The fraction of sp³-hybridized carbons (Fsp3) is 0.381. The Morgan fingerprint density at radius 1 is 1.19 bits per heavy atom. The number of carbonyl (C=O) groups is 1. The first-order valence-corrected chi connectivity index (χ1v) is 9.03. The standard InChI is InChI=1S/C21H27N3O2/c1-21(11-12-24(2)16-21)15-22-20(25)23-18-9-6-10-19(13-18)26-14-17-7-4-3-5-8-17/h3-10,13H,11-12,14-16H2,1-2H3,(H2,22,23,25). The largest absolute Gasteiger partial charge is 0.489 e. The van der Waals surface area contributed by atoms with Crippen molar-refractivity contribution < 1.29 is 9.53 Å². The minimum absolute atomic E-state index is 0.146. The SMILES string of the molecule is CN1CCC(C)(CNC(=O)Nc2cccc(OCc3ccccc3)c2)C1. The Hall–Kier alpha value is -2.53. The second-order valence-electron chi connectivity index (χ2n) is 7.41. The summed E-state index contributed by atoms with van der Waals surface area (Å²) in [4.78, 5) is 14.5. The van der Waals surface area contributed by atoms with Crippen molar-refractivity contribution in [1.29, 1.82) is 0 Å². The smallest absolute Gasteiger partial charge is 0.319 e. The summed E-state index contributed by atoms with van der Waals surface area (Å²) in [5, 5.41) is 5.88. The van der Waals surface area contributed by atoms with E-state index in [0.29, 0.717) is 13.2 Å². The lowest BCUT2D eigenvalue weighted by Crippen LogP contribution is -2.39. The number of rotatable bonds is 6. The van der Waals surface area contributed by atoms with Gasteiger partial charge in [-0.3, -0.25) is 0 Å². The van der Waals surface area contributed by atoms with Crippen molar-refractivity contribution >= 4 is 11.7 Å². The van der Waals surface area contributed by atoms with Gasteiger partial charge in [-0.1, -0.05) is 43.3 Å². The zero-order chi connectivity index (χ0) is 18.4. The summed E-state index contributed by atoms with van der Waals surface area (Å²) in [5.41, 5.74) is 1.98. The number of nitrogens with one attached hydrogen (secondary N) is 2. The maximum absolute atomic E-state index is 12.2. The summed E-state index contributed by atoms with van der Waals surface area (Å²) in [7, 11) is 2.12. The normalized spacial score (nSPS) is 19.9. The number of benzene rings is 2. The minimum atomic E-state index is -0.180. The maximum atomic E-state index is 12.2. The van der Waals surface area contributed by atoms with Crippen LogP contribution in [0.2, 0.25) is 0 Å². The summed E-state index contributed by atoms with van der Waals surface area (Å²) < 4.78 is 5.81. The molecule has 2 aromatic carbocycles. The number of amides is 2. The van der Waals surface area contributed by atoms with Crippen molar-refractivity contribution in [2.24, 2.45) is 5.41 Å². The molecule has 1 fully saturated rings. The summed E-state index contributed by atoms with van der Waals surface area (Å²) in [6, 6.07) is 17.3. The molecule has 2 aromatic rings. The van der Waals surface area contributed by atoms with Crippen LogP contribution in [0.5, 0.6) is 5.75 Å². The quantitative estimate of drug-likeness (QED) is 0.832. The van der Waals surface area contributed by atoms with Crippen LogP contribution in [-0.4, -0.2) is 37.6 Å². The van der Waals surface area contributed by atoms with Crippen LogP contribution in [0.4, 0.5) is 10.5 Å². The lowest BCUT2D eigenvalue weighted by molar-refractivity contribution is 0.241. The predicted molar refractivity (Wildman–Crippen MR) is 104 cm³/mol. The fourth-order valence-corrected chi connectivity index (χ4v) is 3.29. The molecule has 5 heteroatoms. The van der Waals surface area contributed by atoms with Gasteiger partial charge in [-0.15, -0.1) is 0 Å². The molecule has 0 radical (unpaired) electrons. The topological polar surface area (TPSA) is 53.6 Å². The van der Waals surface area contributed by atoms with E-state index in [4.69, 9.17) is 4.74 Å². The molecule has 1 aliphatic rings. The average molecular weight is 353 g/mol. The number of hydrogen-bond acceptors (Lipinski definition) is 3. The fourth-order valence-electron chi connectivity index (χ4n) is 3.29. The van der Waals surface area contributed by atoms with Gasteiger partial charge in [-0.25, -0.2) is 4.79 Å². The van der Waals surface area contributed by atoms with Crippen LogP contribution in [-0.2, 0) is 6.61 Å². The van der Waals surface area contributed by atoms with Gasteiger partial charge >= 0.3 is 6.03 Å². The number of carbonyl (C=O) groups excluding carboxylic acids is 1. The van der Waals surface area contributed by atoms with Crippen LogP contribution in [0.1, 0.15) is 18.9 Å². The van der Waals surface area contributed by atoms with Gasteiger partial charge in [0.1, 0.15) is 12.4 Å². The molecule has 1 unspecified atom stereocenters. The Labute approximate surface area is 155 Å². The summed E-state index contributed by atoms with van der Waals surface area (Å²) in [6.45, 7) is 5.49. The van der Waals surface area contributed by atoms with E-state index in [1.54, 1.807) is 0 Å². The van der Waals surface area contributed by atoms with Crippen LogP contribution in [0, 0.1) is 5.41 Å². The van der Waals surface area contributed by atoms with Crippen molar-refractivity contribution in [2.45, 2.75) is 20.0 Å². The van der Waals surface area contributed by atoms with Crippen molar-refractivity contribution in [1.82, 2.24) is 10.2 Å². The van der Waals surface area contributed by atoms with E-state index in [2.05, 4.69) is 29.5 Å². The third-order valence-electron chi connectivity index (χ3n) is 4.76. The monoisotopic (exact) mass is 353 g/mol. The lowest BCUT2D eigenvalue weighted by Gasteiger charge is -2.24. The van der Waals surface area contributed by atoms with Gasteiger partial charge in [-0.2, -0.15) is 0 Å². The summed E-state index contributed by atoms with van der Waals surface area (Å²) in [5.74, 6) is 0.732. The van der Waals surface area contributed by atoms with E-state index in [0.717, 1.165) is 36.5 Å². The van der Waals surface area contributed by atoms with Crippen molar-refractivity contribution in [2.75, 3.05) is 32.0 Å². The molecule has 5 nitrogen and oxygen atoms in total. The van der Waals surface area contributed by atoms with Crippen LogP contribution in [0.15, 0.2) is 54.6 Å². The molecule has 0 aliphatic carbocycles. The van der Waals surface area contributed by atoms with Crippen molar-refractivity contribution in [3.8, 4) is 5.75 Å². The number of nitrogens with zero attached hydrogens (tertiary/aromatic N) is 1. The highest BCUT2D eigenvalue weighted by atomic mass is 16.5. The van der Waals surface area contributed by atoms with Crippen LogP contribution < -0.4 is 15.4 Å². The molecular formula is C21H27N3O2. The molecule has 0 spiro atoms. The van der Waals surface area contributed by atoms with Crippen molar-refractivity contribution in [3.63, 3.8) is 0 Å². The molecule has 2 amide bonds. The molecule has 1 heterocycles. The van der Waals surface area contributed by atoms with E-state index in [-0.39, 0.29) is 11.4 Å². The molecule has 0 saturated carbocycles. The molecule has 0 bridgehead atoms. The van der Waals surface area contributed by atoms with Gasteiger partial charge in [0.05, 0.1) is 0 Å². The van der Waals surface area contributed by atoms with Gasteiger partial charge in [-0.05, 0) is 43.1 Å². The van der Waals surface area contributed by atoms with E-state index in [1.807, 2.05) is 54.6 Å². The Balaban J connectivity index is 1.49. The lowest BCUT2D eigenvalue weighted by atomic mass is 9.90. The third-order valence-corrected chi connectivity index (χ3v) is 4.76. The minimum Gasteiger partial charge on any atom is -0.489 e. The summed E-state index contributed by atoms with van der Waals surface area (Å²) >= 11 is 0. The molecule has 1 saturated heterocycles. The Morgan fingerprint density at radius 3 is 2.73 bits per heavy atom. The van der Waals surface area contributed by atoms with Gasteiger partial charge in [0, 0.05) is 24.8 Å². The number of anilines is 1. The van der Waals surface area contributed by atoms with Gasteiger partial charge in [0.15, 0.2) is 0 Å². The Bertz CT molecular complexity index is 735. The average Bonchev–Trinajstić information content (AvgIpc) is 2.99. The molecule has 1 atom stereocenters. The van der Waals surface area contributed by atoms with E-state index >= 15 is 0 Å². The predicted octanol–water partition coefficient (Wildman–Crippen LogP) is 3.73. The van der Waals surface area contributed by atoms with E-state index < -0.39 is 0 Å². The Morgan fingerprint density at radius 2 is 2.00 bits per heavy atom. The highest BCUT2D eigenvalue weighted by Gasteiger charge is 2.32. The third kappa shape index (κ3) is 5.23. The van der Waals surface area contributed by atoms with Crippen LogP contribution >= 0.6 is 0 Å². The van der Waals surface area contributed by atoms with Gasteiger partial charge in [0.25, 0.3) is 0 Å². The second-order valence-corrected chi connectivity index (χ2v) is 7.41. The molecule has 26 heavy (non-hydrogen) atoms.